The first kappa shape index (κ1) is 15.5. The average molecular weight is 274 g/mol. The molecule has 0 saturated heterocycles. The van der Waals surface area contributed by atoms with Gasteiger partial charge in [0.1, 0.15) is 0 Å². The molecular formula is C18H30N2. The Bertz CT molecular complexity index is 427. The molecule has 3 unspecified atom stereocenters. The molecule has 2 heteroatoms. The largest absolute Gasteiger partial charge is 0.312 e. The Kier molecular flexibility index (Phi) is 5.22. The van der Waals surface area contributed by atoms with Gasteiger partial charge in [0.05, 0.1) is 0 Å². The van der Waals surface area contributed by atoms with Crippen LogP contribution in [-0.2, 0) is 0 Å². The minimum Gasteiger partial charge on any atom is -0.312 e. The van der Waals surface area contributed by atoms with E-state index in [2.05, 4.69) is 69.3 Å². The van der Waals surface area contributed by atoms with Crippen molar-refractivity contribution in [3.63, 3.8) is 0 Å². The van der Waals surface area contributed by atoms with Crippen molar-refractivity contribution in [1.29, 1.82) is 0 Å². The number of nitrogens with zero attached hydrogens (tertiary/aromatic N) is 1. The number of rotatable bonds is 5. The van der Waals surface area contributed by atoms with Gasteiger partial charge in [0, 0.05) is 12.1 Å². The summed E-state index contributed by atoms with van der Waals surface area (Å²) in [5.74, 6) is 1.43. The van der Waals surface area contributed by atoms with E-state index in [1.807, 2.05) is 0 Å². The highest BCUT2D eigenvalue weighted by molar-refractivity contribution is 5.36. The molecule has 112 valence electrons. The summed E-state index contributed by atoms with van der Waals surface area (Å²) in [7, 11) is 4.39. The van der Waals surface area contributed by atoms with E-state index in [1.54, 1.807) is 0 Å². The summed E-state index contributed by atoms with van der Waals surface area (Å²) in [5, 5.41) is 3.56. The van der Waals surface area contributed by atoms with Crippen LogP contribution in [0.25, 0.3) is 0 Å². The van der Waals surface area contributed by atoms with Crippen LogP contribution in [-0.4, -0.2) is 31.6 Å². The van der Waals surface area contributed by atoms with Gasteiger partial charge in [0.15, 0.2) is 0 Å². The lowest BCUT2D eigenvalue weighted by Gasteiger charge is -2.42. The van der Waals surface area contributed by atoms with Gasteiger partial charge >= 0.3 is 0 Å². The van der Waals surface area contributed by atoms with Gasteiger partial charge < -0.3 is 10.2 Å². The van der Waals surface area contributed by atoms with Gasteiger partial charge in [-0.2, -0.15) is 0 Å². The zero-order chi connectivity index (χ0) is 14.7. The second kappa shape index (κ2) is 6.73. The fraction of sp³-hybridized carbons (Fsp3) is 0.667. The predicted octanol–water partition coefficient (Wildman–Crippen LogP) is 3.80. The number of benzene rings is 1. The SMILES string of the molecule is CNC1c2ccccc2C(C)CC1N(C)CCC(C)C. The molecule has 0 bridgehead atoms. The molecule has 0 heterocycles. The van der Waals surface area contributed by atoms with E-state index in [0.29, 0.717) is 18.0 Å². The topological polar surface area (TPSA) is 15.3 Å². The molecule has 0 radical (unpaired) electrons. The van der Waals surface area contributed by atoms with Gasteiger partial charge in [-0.25, -0.2) is 0 Å². The second-order valence-electron chi connectivity index (χ2n) is 6.76. The van der Waals surface area contributed by atoms with E-state index in [1.165, 1.54) is 30.5 Å². The fourth-order valence-electron chi connectivity index (χ4n) is 3.49. The van der Waals surface area contributed by atoms with Crippen molar-refractivity contribution in [2.75, 3.05) is 20.6 Å². The molecule has 1 N–H and O–H groups in total. The number of nitrogens with one attached hydrogen (secondary N) is 1. The highest BCUT2D eigenvalue weighted by Crippen LogP contribution is 2.39. The summed E-state index contributed by atoms with van der Waals surface area (Å²) in [4.78, 5) is 2.56. The quantitative estimate of drug-likeness (QED) is 0.878. The lowest BCUT2D eigenvalue weighted by molar-refractivity contribution is 0.161. The maximum absolute atomic E-state index is 3.56. The Morgan fingerprint density at radius 1 is 1.25 bits per heavy atom. The van der Waals surface area contributed by atoms with Crippen molar-refractivity contribution in [3.05, 3.63) is 35.4 Å². The molecular weight excluding hydrogens is 244 g/mol. The molecule has 1 aliphatic rings. The summed E-state index contributed by atoms with van der Waals surface area (Å²) in [5.41, 5.74) is 3.02. The Morgan fingerprint density at radius 2 is 1.90 bits per heavy atom. The van der Waals surface area contributed by atoms with E-state index in [-0.39, 0.29) is 0 Å². The molecule has 0 spiro atoms. The normalized spacial score (nSPS) is 26.1. The molecule has 3 atom stereocenters. The third kappa shape index (κ3) is 3.24. The molecule has 0 aliphatic heterocycles. The molecule has 1 aromatic carbocycles. The molecule has 0 amide bonds. The predicted molar refractivity (Wildman–Crippen MR) is 87.1 cm³/mol. The first-order chi connectivity index (χ1) is 9.54. The minimum atomic E-state index is 0.458. The third-order valence-corrected chi connectivity index (χ3v) is 4.78. The molecule has 2 nitrogen and oxygen atoms in total. The van der Waals surface area contributed by atoms with Crippen molar-refractivity contribution in [3.8, 4) is 0 Å². The monoisotopic (exact) mass is 274 g/mol. The summed E-state index contributed by atoms with van der Waals surface area (Å²) < 4.78 is 0. The summed E-state index contributed by atoms with van der Waals surface area (Å²) in [6.07, 6.45) is 2.52. The fourth-order valence-corrected chi connectivity index (χ4v) is 3.49. The molecule has 20 heavy (non-hydrogen) atoms. The van der Waals surface area contributed by atoms with E-state index in [4.69, 9.17) is 0 Å². The standard InChI is InChI=1S/C18H30N2/c1-13(2)10-11-20(5)17-12-14(3)15-8-6-7-9-16(15)18(17)19-4/h6-9,13-14,17-19H,10-12H2,1-5H3. The minimum absolute atomic E-state index is 0.458. The first-order valence-corrected chi connectivity index (χ1v) is 8.01. The van der Waals surface area contributed by atoms with Crippen molar-refractivity contribution >= 4 is 0 Å². The Morgan fingerprint density at radius 3 is 2.50 bits per heavy atom. The summed E-state index contributed by atoms with van der Waals surface area (Å²) in [6.45, 7) is 8.17. The lowest BCUT2D eigenvalue weighted by Crippen LogP contribution is -2.45. The van der Waals surface area contributed by atoms with Crippen molar-refractivity contribution < 1.29 is 0 Å². The van der Waals surface area contributed by atoms with Crippen LogP contribution in [0.4, 0.5) is 0 Å². The average Bonchev–Trinajstić information content (AvgIpc) is 2.44. The zero-order valence-electron chi connectivity index (χ0n) is 13.7. The molecule has 1 aromatic rings. The van der Waals surface area contributed by atoms with E-state index in [9.17, 15) is 0 Å². The van der Waals surface area contributed by atoms with Gasteiger partial charge in [-0.15, -0.1) is 0 Å². The molecule has 0 fully saturated rings. The number of likely N-dealkylation sites (N-methyl/N-ethyl adjacent to an activating group) is 2. The van der Waals surface area contributed by atoms with Crippen LogP contribution >= 0.6 is 0 Å². The van der Waals surface area contributed by atoms with E-state index in [0.717, 1.165) is 5.92 Å². The zero-order valence-corrected chi connectivity index (χ0v) is 13.7. The maximum Gasteiger partial charge on any atom is 0.0478 e. The van der Waals surface area contributed by atoms with Crippen LogP contribution in [0.15, 0.2) is 24.3 Å². The van der Waals surface area contributed by atoms with Gasteiger partial charge in [-0.3, -0.25) is 0 Å². The van der Waals surface area contributed by atoms with Crippen LogP contribution in [0.1, 0.15) is 56.7 Å². The van der Waals surface area contributed by atoms with Crippen LogP contribution in [0.2, 0.25) is 0 Å². The van der Waals surface area contributed by atoms with Gasteiger partial charge in [-0.05, 0) is 56.4 Å². The Balaban J connectivity index is 2.19. The highest BCUT2D eigenvalue weighted by Gasteiger charge is 2.34. The van der Waals surface area contributed by atoms with Crippen molar-refractivity contribution in [1.82, 2.24) is 10.2 Å². The Labute approximate surface area is 124 Å². The van der Waals surface area contributed by atoms with Crippen molar-refractivity contribution in [2.24, 2.45) is 5.92 Å². The number of hydrogen-bond donors (Lipinski definition) is 1. The lowest BCUT2D eigenvalue weighted by atomic mass is 9.77. The van der Waals surface area contributed by atoms with Gasteiger partial charge in [0.2, 0.25) is 0 Å². The Hall–Kier alpha value is -0.860. The second-order valence-corrected chi connectivity index (χ2v) is 6.76. The summed E-state index contributed by atoms with van der Waals surface area (Å²) in [6, 6.07) is 10.0. The van der Waals surface area contributed by atoms with Crippen LogP contribution in [0, 0.1) is 5.92 Å². The highest BCUT2D eigenvalue weighted by atomic mass is 15.2. The smallest absolute Gasteiger partial charge is 0.0478 e. The van der Waals surface area contributed by atoms with Crippen LogP contribution < -0.4 is 5.32 Å². The number of hydrogen-bond acceptors (Lipinski definition) is 2. The molecule has 0 aromatic heterocycles. The van der Waals surface area contributed by atoms with Crippen LogP contribution in [0.5, 0.6) is 0 Å². The van der Waals surface area contributed by atoms with Crippen LogP contribution in [0.3, 0.4) is 0 Å². The first-order valence-electron chi connectivity index (χ1n) is 8.01. The van der Waals surface area contributed by atoms with Gasteiger partial charge in [0.25, 0.3) is 0 Å². The number of fused-ring (bicyclic) bond motifs is 1. The van der Waals surface area contributed by atoms with Crippen molar-refractivity contribution in [2.45, 2.75) is 51.6 Å². The molecule has 0 saturated carbocycles. The molecule has 1 aliphatic carbocycles. The third-order valence-electron chi connectivity index (χ3n) is 4.78. The summed E-state index contributed by atoms with van der Waals surface area (Å²) >= 11 is 0. The van der Waals surface area contributed by atoms with E-state index >= 15 is 0 Å². The molecule has 2 rings (SSSR count). The van der Waals surface area contributed by atoms with Gasteiger partial charge in [-0.1, -0.05) is 45.0 Å². The maximum atomic E-state index is 3.56. The van der Waals surface area contributed by atoms with E-state index < -0.39 is 0 Å².